The molecule has 3 aliphatic rings. The zero-order valence-electron chi connectivity index (χ0n) is 28.3. The van der Waals surface area contributed by atoms with Gasteiger partial charge >= 0.3 is 6.09 Å². The molecule has 256 valence electrons. The summed E-state index contributed by atoms with van der Waals surface area (Å²) in [4.78, 5) is 49.5. The number of benzene rings is 3. The van der Waals surface area contributed by atoms with E-state index >= 15 is 0 Å². The molecule has 3 aromatic carbocycles. The van der Waals surface area contributed by atoms with Gasteiger partial charge in [0.1, 0.15) is 5.75 Å². The summed E-state index contributed by atoms with van der Waals surface area (Å²) in [6, 6.07) is 25.0. The number of piperidine rings is 1. The molecule has 3 amide bonds. The van der Waals surface area contributed by atoms with Crippen LogP contribution in [0.25, 0.3) is 22.0 Å². The van der Waals surface area contributed by atoms with Crippen molar-refractivity contribution >= 4 is 34.5 Å². The number of nitrogens with zero attached hydrogens (tertiary/aromatic N) is 4. The molecule has 2 N–H and O–H groups in total. The largest absolute Gasteiger partial charge is 0.478 e. The molecule has 2 saturated heterocycles. The third-order valence-electron chi connectivity index (χ3n) is 10.2. The minimum absolute atomic E-state index is 0.0908. The van der Waals surface area contributed by atoms with Crippen LogP contribution < -0.4 is 9.64 Å². The Hall–Kier alpha value is -4.99. The number of rotatable bonds is 9. The van der Waals surface area contributed by atoms with Crippen LogP contribution in [0.2, 0.25) is 0 Å². The van der Waals surface area contributed by atoms with Crippen molar-refractivity contribution in [3.63, 3.8) is 0 Å². The van der Waals surface area contributed by atoms with Crippen molar-refractivity contribution in [3.05, 3.63) is 84.6 Å². The van der Waals surface area contributed by atoms with Crippen LogP contribution in [-0.2, 0) is 16.1 Å². The van der Waals surface area contributed by atoms with E-state index in [1.54, 1.807) is 18.7 Å². The minimum Gasteiger partial charge on any atom is -0.478 e. The smallest absolute Gasteiger partial charge is 0.407 e. The second-order valence-corrected chi connectivity index (χ2v) is 14.1. The molecule has 0 unspecified atom stereocenters. The Bertz CT molecular complexity index is 1820. The number of aromatic nitrogens is 1. The van der Waals surface area contributed by atoms with Gasteiger partial charge in [-0.2, -0.15) is 0 Å². The molecule has 1 saturated carbocycles. The molecule has 0 bridgehead atoms. The highest BCUT2D eigenvalue weighted by Crippen LogP contribution is 2.34. The fourth-order valence-corrected chi connectivity index (χ4v) is 7.28. The van der Waals surface area contributed by atoms with Crippen molar-refractivity contribution in [2.45, 2.75) is 57.7 Å². The van der Waals surface area contributed by atoms with Gasteiger partial charge in [-0.15, -0.1) is 0 Å². The lowest BCUT2D eigenvalue weighted by Gasteiger charge is -2.38. The van der Waals surface area contributed by atoms with Gasteiger partial charge in [-0.25, -0.2) is 4.79 Å². The third kappa shape index (κ3) is 7.09. The van der Waals surface area contributed by atoms with Crippen molar-refractivity contribution < 1.29 is 24.2 Å². The fraction of sp³-hybridized carbons (Fsp3) is 0.410. The number of anilines is 1. The molecule has 4 aromatic rings. The number of fused-ring (bicyclic) bond motifs is 1. The summed E-state index contributed by atoms with van der Waals surface area (Å²) in [5, 5.41) is 10.4. The Kier molecular flexibility index (Phi) is 8.96. The fourth-order valence-electron chi connectivity index (χ4n) is 7.28. The minimum atomic E-state index is -1.12. The zero-order valence-corrected chi connectivity index (χ0v) is 28.3. The van der Waals surface area contributed by atoms with Gasteiger partial charge in [-0.3, -0.25) is 9.59 Å². The predicted octanol–water partition coefficient (Wildman–Crippen LogP) is 6.22. The van der Waals surface area contributed by atoms with Crippen LogP contribution >= 0.6 is 0 Å². The summed E-state index contributed by atoms with van der Waals surface area (Å²) >= 11 is 0. The Labute approximate surface area is 287 Å². The highest BCUT2D eigenvalue weighted by atomic mass is 16.5. The number of hydrogen-bond donors (Lipinski definition) is 2. The molecule has 1 atom stereocenters. The lowest BCUT2D eigenvalue weighted by molar-refractivity contribution is -0.147. The number of carbonyl (C=O) groups is 3. The Morgan fingerprint density at radius 2 is 1.63 bits per heavy atom. The van der Waals surface area contributed by atoms with E-state index in [1.165, 1.54) is 15.8 Å². The molecule has 49 heavy (non-hydrogen) atoms. The summed E-state index contributed by atoms with van der Waals surface area (Å²) in [6.07, 6.45) is 4.99. The maximum absolute atomic E-state index is 14.1. The molecule has 2 aliphatic heterocycles. The first-order chi connectivity index (χ1) is 23.7. The molecule has 10 nitrogen and oxygen atoms in total. The molecule has 3 fully saturated rings. The molecule has 10 heteroatoms. The van der Waals surface area contributed by atoms with E-state index in [4.69, 9.17) is 4.74 Å². The van der Waals surface area contributed by atoms with E-state index in [0.717, 1.165) is 54.6 Å². The Morgan fingerprint density at radius 1 is 0.898 bits per heavy atom. The second kappa shape index (κ2) is 13.5. The van der Waals surface area contributed by atoms with Crippen molar-refractivity contribution in [2.24, 2.45) is 5.92 Å². The first-order valence-electron chi connectivity index (χ1n) is 17.4. The van der Waals surface area contributed by atoms with E-state index < -0.39 is 11.7 Å². The molecule has 0 radical (unpaired) electrons. The van der Waals surface area contributed by atoms with Crippen molar-refractivity contribution in [3.8, 4) is 16.9 Å². The lowest BCUT2D eigenvalue weighted by atomic mass is 9.95. The number of piperazine rings is 1. The summed E-state index contributed by atoms with van der Waals surface area (Å²) in [6.45, 7) is 6.88. The molecule has 0 spiro atoms. The van der Waals surface area contributed by atoms with Crippen LogP contribution in [0.1, 0.15) is 45.1 Å². The van der Waals surface area contributed by atoms with Gasteiger partial charge in [-0.1, -0.05) is 48.5 Å². The van der Waals surface area contributed by atoms with Gasteiger partial charge in [0.15, 0.2) is 5.60 Å². The van der Waals surface area contributed by atoms with E-state index in [9.17, 15) is 19.5 Å². The average molecular weight is 664 g/mol. The number of H-pyrrole nitrogens is 1. The molecular weight excluding hydrogens is 618 g/mol. The molecule has 7 rings (SSSR count). The zero-order chi connectivity index (χ0) is 34.1. The van der Waals surface area contributed by atoms with E-state index in [1.807, 2.05) is 30.3 Å². The maximum Gasteiger partial charge on any atom is 0.407 e. The first-order valence-corrected chi connectivity index (χ1v) is 17.4. The van der Waals surface area contributed by atoms with Crippen molar-refractivity contribution in [2.75, 3.05) is 44.2 Å². The number of hydrogen-bond acceptors (Lipinski definition) is 5. The average Bonchev–Trinajstić information content (AvgIpc) is 3.88. The maximum atomic E-state index is 14.1. The summed E-state index contributed by atoms with van der Waals surface area (Å²) < 4.78 is 6.27. The molecular formula is C39H45N5O5. The number of carboxylic acid groups (broad SMARTS) is 1. The summed E-state index contributed by atoms with van der Waals surface area (Å²) in [7, 11) is 0. The molecule has 1 aliphatic carbocycles. The van der Waals surface area contributed by atoms with Gasteiger partial charge in [0.05, 0.1) is 5.92 Å². The highest BCUT2D eigenvalue weighted by molar-refractivity contribution is 5.95. The van der Waals surface area contributed by atoms with Crippen molar-refractivity contribution in [1.29, 1.82) is 0 Å². The van der Waals surface area contributed by atoms with Gasteiger partial charge in [0.25, 0.3) is 5.91 Å². The standard InChI is InChI=1S/C39H45N5O5/c1-39(2,37(46)41-19-21-42(22-20-41)38(47)48)49-32-9-5-8-31(23-32)43-18-6-7-29(26-43)36(45)44(30-16-17-30)25-27-12-14-28(15-13-27)34-24-40-35-11-4-3-10-33(34)35/h3-5,8-15,23-24,29-30,40H,6-7,16-22,25-26H2,1-2H3,(H,47,48)/t29-/m1/s1. The number of ether oxygens (including phenoxy) is 1. The second-order valence-electron chi connectivity index (χ2n) is 14.1. The van der Waals surface area contributed by atoms with Crippen LogP contribution in [0.15, 0.2) is 79.0 Å². The SMILES string of the molecule is CC(C)(Oc1cccc(N2CCC[C@@H](C(=O)N(Cc3ccc(-c4c[nH]c5ccccc45)cc3)C3CC3)C2)c1)C(=O)N1CCN(C(=O)O)CC1. The monoisotopic (exact) mass is 663 g/mol. The number of amides is 3. The Balaban J connectivity index is 0.988. The van der Waals surface area contributed by atoms with Gasteiger partial charge < -0.3 is 34.4 Å². The quantitative estimate of drug-likeness (QED) is 0.220. The summed E-state index contributed by atoms with van der Waals surface area (Å²) in [5.74, 6) is 0.561. The van der Waals surface area contributed by atoms with Crippen LogP contribution in [0.4, 0.5) is 10.5 Å². The van der Waals surface area contributed by atoms with Crippen LogP contribution in [0.3, 0.4) is 0 Å². The molecule has 1 aromatic heterocycles. The first kappa shape index (κ1) is 32.6. The molecule has 3 heterocycles. The van der Waals surface area contributed by atoms with Crippen LogP contribution in [-0.4, -0.2) is 93.6 Å². The van der Waals surface area contributed by atoms with Crippen LogP contribution in [0.5, 0.6) is 5.75 Å². The number of nitrogens with one attached hydrogen (secondary N) is 1. The number of aromatic amines is 1. The van der Waals surface area contributed by atoms with E-state index in [-0.39, 0.29) is 30.8 Å². The number of para-hydroxylation sites is 1. The van der Waals surface area contributed by atoms with Crippen molar-refractivity contribution in [1.82, 2.24) is 19.7 Å². The lowest BCUT2D eigenvalue weighted by Crippen LogP contribution is -2.56. The third-order valence-corrected chi connectivity index (χ3v) is 10.2. The topological polar surface area (TPSA) is 109 Å². The predicted molar refractivity (Wildman–Crippen MR) is 190 cm³/mol. The Morgan fingerprint density at radius 3 is 2.37 bits per heavy atom. The number of carbonyl (C=O) groups excluding carboxylic acids is 2. The van der Waals surface area contributed by atoms with Gasteiger partial charge in [0, 0.05) is 86.3 Å². The van der Waals surface area contributed by atoms with Gasteiger partial charge in [-0.05, 0) is 68.9 Å². The van der Waals surface area contributed by atoms with Gasteiger partial charge in [0.2, 0.25) is 5.91 Å². The normalized spacial score (nSPS) is 18.4. The van der Waals surface area contributed by atoms with Crippen LogP contribution in [0, 0.1) is 5.92 Å². The highest BCUT2D eigenvalue weighted by Gasteiger charge is 2.38. The van der Waals surface area contributed by atoms with E-state index in [0.29, 0.717) is 38.0 Å². The van der Waals surface area contributed by atoms with E-state index in [2.05, 4.69) is 63.4 Å². The summed E-state index contributed by atoms with van der Waals surface area (Å²) in [5.41, 5.74) is 4.45.